The van der Waals surface area contributed by atoms with Gasteiger partial charge in [-0.15, -0.1) is 0 Å². The predicted octanol–water partition coefficient (Wildman–Crippen LogP) is 4.61. The Morgan fingerprint density at radius 1 is 1.05 bits per heavy atom. The van der Waals surface area contributed by atoms with Gasteiger partial charge in [0.25, 0.3) is 0 Å². The van der Waals surface area contributed by atoms with Crippen LogP contribution >= 0.6 is 0 Å². The van der Waals surface area contributed by atoms with Crippen LogP contribution in [0.15, 0.2) is 54.6 Å². The number of rotatable bonds is 3. The van der Waals surface area contributed by atoms with Gasteiger partial charge in [0, 0.05) is 12.1 Å². The number of nitrogens with one attached hydrogen (secondary N) is 1. The van der Waals surface area contributed by atoms with E-state index in [1.165, 1.54) is 6.07 Å². The Labute approximate surface area is 122 Å². The molecule has 0 radical (unpaired) electrons. The highest BCUT2D eigenvalue weighted by Gasteiger charge is 2.08. The Bertz CT molecular complexity index is 798. The molecule has 3 aromatic carbocycles. The Morgan fingerprint density at radius 3 is 2.71 bits per heavy atom. The Morgan fingerprint density at radius 2 is 1.86 bits per heavy atom. The zero-order valence-corrected chi connectivity index (χ0v) is 11.7. The molecule has 0 amide bonds. The van der Waals surface area contributed by atoms with Crippen molar-refractivity contribution >= 4 is 16.5 Å². The molecule has 0 atom stereocenters. The molecule has 0 spiro atoms. The summed E-state index contributed by atoms with van der Waals surface area (Å²) in [5, 5.41) is 15.2. The maximum atomic E-state index is 13.8. The molecule has 2 N–H and O–H groups in total. The lowest BCUT2D eigenvalue weighted by Gasteiger charge is -2.12. The van der Waals surface area contributed by atoms with Crippen molar-refractivity contribution in [3.05, 3.63) is 71.5 Å². The van der Waals surface area contributed by atoms with Crippen molar-refractivity contribution in [1.29, 1.82) is 0 Å². The molecule has 3 heteroatoms. The van der Waals surface area contributed by atoms with Gasteiger partial charge >= 0.3 is 0 Å². The highest BCUT2D eigenvalue weighted by Crippen LogP contribution is 2.28. The lowest BCUT2D eigenvalue weighted by Crippen LogP contribution is -2.02. The molecule has 0 saturated carbocycles. The molecule has 2 nitrogen and oxygen atoms in total. The molecule has 0 fully saturated rings. The molecule has 3 aromatic rings. The quantitative estimate of drug-likeness (QED) is 0.735. The molecule has 0 bridgehead atoms. The molecule has 106 valence electrons. The highest BCUT2D eigenvalue weighted by molar-refractivity contribution is 5.87. The van der Waals surface area contributed by atoms with Crippen LogP contribution in [0.2, 0.25) is 0 Å². The number of hydrogen-bond donors (Lipinski definition) is 2. The highest BCUT2D eigenvalue weighted by atomic mass is 19.1. The van der Waals surface area contributed by atoms with E-state index in [0.29, 0.717) is 12.2 Å². The summed E-state index contributed by atoms with van der Waals surface area (Å²) < 4.78 is 13.8. The zero-order chi connectivity index (χ0) is 14.8. The average Bonchev–Trinajstić information content (AvgIpc) is 2.49. The average molecular weight is 281 g/mol. The van der Waals surface area contributed by atoms with E-state index >= 15 is 0 Å². The summed E-state index contributed by atoms with van der Waals surface area (Å²) in [6, 6.07) is 16.3. The van der Waals surface area contributed by atoms with Gasteiger partial charge in [0.2, 0.25) is 0 Å². The van der Waals surface area contributed by atoms with E-state index in [0.717, 1.165) is 21.9 Å². The molecular formula is C18H16FNO. The lowest BCUT2D eigenvalue weighted by atomic mass is 10.0. The minimum atomic E-state index is -0.291. The Balaban J connectivity index is 1.95. The molecule has 0 saturated heterocycles. The molecule has 0 unspecified atom stereocenters. The van der Waals surface area contributed by atoms with Crippen molar-refractivity contribution in [2.45, 2.75) is 13.5 Å². The molecule has 0 heterocycles. The van der Waals surface area contributed by atoms with E-state index < -0.39 is 0 Å². The fourth-order valence-corrected chi connectivity index (χ4v) is 2.47. The third kappa shape index (κ3) is 2.68. The first-order valence-electron chi connectivity index (χ1n) is 6.85. The van der Waals surface area contributed by atoms with Gasteiger partial charge in [-0.05, 0) is 41.5 Å². The smallest absolute Gasteiger partial charge is 0.146 e. The van der Waals surface area contributed by atoms with Crippen LogP contribution in [0.4, 0.5) is 10.1 Å². The van der Waals surface area contributed by atoms with Gasteiger partial charge in [0.05, 0.1) is 5.69 Å². The monoisotopic (exact) mass is 281 g/mol. The maximum Gasteiger partial charge on any atom is 0.146 e. The number of fused-ring (bicyclic) bond motifs is 1. The van der Waals surface area contributed by atoms with Crippen molar-refractivity contribution < 1.29 is 9.50 Å². The molecule has 3 rings (SSSR count). The summed E-state index contributed by atoms with van der Waals surface area (Å²) in [7, 11) is 0. The van der Waals surface area contributed by atoms with E-state index in [2.05, 4.69) is 5.32 Å². The summed E-state index contributed by atoms with van der Waals surface area (Å²) >= 11 is 0. The second-order valence-corrected chi connectivity index (χ2v) is 5.12. The minimum Gasteiger partial charge on any atom is -0.508 e. The van der Waals surface area contributed by atoms with Crippen LogP contribution in [0.1, 0.15) is 11.1 Å². The van der Waals surface area contributed by atoms with Crippen LogP contribution in [-0.4, -0.2) is 5.11 Å². The second kappa shape index (κ2) is 5.44. The number of anilines is 1. The van der Waals surface area contributed by atoms with Gasteiger partial charge in [-0.2, -0.15) is 0 Å². The number of aryl methyl sites for hydroxylation is 1. The standard InChI is InChI=1S/C18H16FNO/c1-12-6-8-16(19)17(10-12)20-11-15-14-5-3-2-4-13(14)7-9-18(15)21/h2-10,20-21H,11H2,1H3. The van der Waals surface area contributed by atoms with Crippen molar-refractivity contribution in [3.63, 3.8) is 0 Å². The Hall–Kier alpha value is -2.55. The third-order valence-electron chi connectivity index (χ3n) is 3.59. The number of aromatic hydroxyl groups is 1. The van der Waals surface area contributed by atoms with Crippen LogP contribution in [0.25, 0.3) is 10.8 Å². The molecule has 0 aliphatic carbocycles. The second-order valence-electron chi connectivity index (χ2n) is 5.12. The van der Waals surface area contributed by atoms with E-state index in [9.17, 15) is 9.50 Å². The van der Waals surface area contributed by atoms with Gasteiger partial charge < -0.3 is 10.4 Å². The Kier molecular flexibility index (Phi) is 3.48. The molecular weight excluding hydrogens is 265 g/mol. The number of phenolic OH excluding ortho intramolecular Hbond substituents is 1. The fraction of sp³-hybridized carbons (Fsp3) is 0.111. The summed E-state index contributed by atoms with van der Waals surface area (Å²) in [6.45, 7) is 2.29. The summed E-state index contributed by atoms with van der Waals surface area (Å²) in [5.74, 6) is -0.0745. The van der Waals surface area contributed by atoms with Gasteiger partial charge in [0.15, 0.2) is 0 Å². The van der Waals surface area contributed by atoms with Crippen molar-refractivity contribution in [2.24, 2.45) is 0 Å². The van der Waals surface area contributed by atoms with Crippen LogP contribution in [-0.2, 0) is 6.54 Å². The van der Waals surface area contributed by atoms with Crippen LogP contribution in [0, 0.1) is 12.7 Å². The van der Waals surface area contributed by atoms with E-state index in [1.54, 1.807) is 18.2 Å². The van der Waals surface area contributed by atoms with Crippen LogP contribution in [0.3, 0.4) is 0 Å². The zero-order valence-electron chi connectivity index (χ0n) is 11.7. The van der Waals surface area contributed by atoms with Gasteiger partial charge in [-0.25, -0.2) is 4.39 Å². The number of benzene rings is 3. The van der Waals surface area contributed by atoms with Gasteiger partial charge in [-0.1, -0.05) is 36.4 Å². The van der Waals surface area contributed by atoms with E-state index in [4.69, 9.17) is 0 Å². The normalized spacial score (nSPS) is 10.8. The molecule has 0 aliphatic rings. The van der Waals surface area contributed by atoms with Gasteiger partial charge in [-0.3, -0.25) is 0 Å². The van der Waals surface area contributed by atoms with Gasteiger partial charge in [0.1, 0.15) is 11.6 Å². The van der Waals surface area contributed by atoms with Crippen molar-refractivity contribution in [2.75, 3.05) is 5.32 Å². The molecule has 21 heavy (non-hydrogen) atoms. The number of halogens is 1. The van der Waals surface area contributed by atoms with Crippen LogP contribution < -0.4 is 5.32 Å². The van der Waals surface area contributed by atoms with Crippen molar-refractivity contribution in [3.8, 4) is 5.75 Å². The predicted molar refractivity (Wildman–Crippen MR) is 84.1 cm³/mol. The van der Waals surface area contributed by atoms with Crippen molar-refractivity contribution in [1.82, 2.24) is 0 Å². The first-order valence-corrected chi connectivity index (χ1v) is 6.85. The number of hydrogen-bond acceptors (Lipinski definition) is 2. The topological polar surface area (TPSA) is 32.3 Å². The summed E-state index contributed by atoms with van der Waals surface area (Å²) in [6.07, 6.45) is 0. The largest absolute Gasteiger partial charge is 0.508 e. The molecule has 0 aromatic heterocycles. The first kappa shape index (κ1) is 13.4. The van der Waals surface area contributed by atoms with Crippen LogP contribution in [0.5, 0.6) is 5.75 Å². The fourth-order valence-electron chi connectivity index (χ4n) is 2.47. The first-order chi connectivity index (χ1) is 10.1. The maximum absolute atomic E-state index is 13.8. The van der Waals surface area contributed by atoms with E-state index in [1.807, 2.05) is 37.3 Å². The number of phenols is 1. The summed E-state index contributed by atoms with van der Waals surface area (Å²) in [5.41, 5.74) is 2.21. The minimum absolute atomic E-state index is 0.217. The van der Waals surface area contributed by atoms with E-state index in [-0.39, 0.29) is 11.6 Å². The molecule has 0 aliphatic heterocycles. The lowest BCUT2D eigenvalue weighted by molar-refractivity contribution is 0.470. The summed E-state index contributed by atoms with van der Waals surface area (Å²) in [4.78, 5) is 0. The SMILES string of the molecule is Cc1ccc(F)c(NCc2c(O)ccc3ccccc23)c1. The third-order valence-corrected chi connectivity index (χ3v) is 3.59.